The van der Waals surface area contributed by atoms with Crippen molar-refractivity contribution in [2.75, 3.05) is 6.54 Å². The Kier molecular flexibility index (Phi) is 6.39. The van der Waals surface area contributed by atoms with E-state index in [1.165, 1.54) is 11.3 Å². The van der Waals surface area contributed by atoms with Gasteiger partial charge < -0.3 is 5.73 Å². The molecule has 0 aromatic heterocycles. The lowest BCUT2D eigenvalue weighted by atomic mass is 9.96. The molecule has 2 atom stereocenters. The van der Waals surface area contributed by atoms with Crippen LogP contribution in [0.15, 0.2) is 29.2 Å². The molecule has 3 heteroatoms. The number of nitrogens with two attached hydrogens (primary N) is 1. The Morgan fingerprint density at radius 3 is 2.24 bits per heavy atom. The van der Waals surface area contributed by atoms with Gasteiger partial charge in [-0.05, 0) is 42.5 Å². The van der Waals surface area contributed by atoms with Gasteiger partial charge in [-0.2, -0.15) is 0 Å². The van der Waals surface area contributed by atoms with Crippen LogP contribution in [0.2, 0.25) is 5.02 Å². The first-order chi connectivity index (χ1) is 8.02. The van der Waals surface area contributed by atoms with E-state index in [4.69, 9.17) is 17.3 Å². The molecular weight excluding hydrogens is 250 g/mol. The van der Waals surface area contributed by atoms with E-state index in [-0.39, 0.29) is 0 Å². The zero-order chi connectivity index (χ0) is 12.8. The van der Waals surface area contributed by atoms with Gasteiger partial charge in [0, 0.05) is 21.7 Å². The molecule has 1 aromatic rings. The number of benzene rings is 1. The molecular formula is C14H22ClNS. The fraction of sp³-hybridized carbons (Fsp3) is 0.571. The van der Waals surface area contributed by atoms with Crippen LogP contribution in [0.3, 0.4) is 0 Å². The summed E-state index contributed by atoms with van der Waals surface area (Å²) in [6.07, 6.45) is 1.22. The van der Waals surface area contributed by atoms with Crippen LogP contribution in [0, 0.1) is 11.8 Å². The van der Waals surface area contributed by atoms with Gasteiger partial charge in [0.1, 0.15) is 0 Å². The summed E-state index contributed by atoms with van der Waals surface area (Å²) >= 11 is 7.74. The van der Waals surface area contributed by atoms with E-state index < -0.39 is 0 Å². The van der Waals surface area contributed by atoms with Crippen molar-refractivity contribution in [3.05, 3.63) is 29.3 Å². The van der Waals surface area contributed by atoms with E-state index in [0.29, 0.717) is 11.2 Å². The fourth-order valence-electron chi connectivity index (χ4n) is 1.98. The monoisotopic (exact) mass is 271 g/mol. The molecule has 0 fully saturated rings. The topological polar surface area (TPSA) is 26.0 Å². The molecule has 0 amide bonds. The van der Waals surface area contributed by atoms with Crippen LogP contribution >= 0.6 is 23.4 Å². The Bertz CT molecular complexity index is 323. The Labute approximate surface area is 114 Å². The molecule has 0 radical (unpaired) electrons. The molecule has 0 aliphatic heterocycles. The van der Waals surface area contributed by atoms with Crippen molar-refractivity contribution in [3.63, 3.8) is 0 Å². The van der Waals surface area contributed by atoms with Crippen LogP contribution in [0.4, 0.5) is 0 Å². The van der Waals surface area contributed by atoms with Gasteiger partial charge in [0.15, 0.2) is 0 Å². The van der Waals surface area contributed by atoms with Crippen molar-refractivity contribution >= 4 is 23.4 Å². The smallest absolute Gasteiger partial charge is 0.0406 e. The SMILES string of the molecule is CC(C)CC(C)C(CN)Sc1ccc(Cl)cc1. The molecule has 2 N–H and O–H groups in total. The van der Waals surface area contributed by atoms with E-state index in [2.05, 4.69) is 32.9 Å². The zero-order valence-corrected chi connectivity index (χ0v) is 12.4. The molecule has 0 aliphatic rings. The Morgan fingerprint density at radius 1 is 1.18 bits per heavy atom. The third-order valence-corrected chi connectivity index (χ3v) is 4.57. The minimum Gasteiger partial charge on any atom is -0.329 e. The van der Waals surface area contributed by atoms with Crippen molar-refractivity contribution in [2.45, 2.75) is 37.3 Å². The first-order valence-electron chi connectivity index (χ1n) is 6.15. The molecule has 2 unspecified atom stereocenters. The van der Waals surface area contributed by atoms with E-state index in [0.717, 1.165) is 17.5 Å². The van der Waals surface area contributed by atoms with Gasteiger partial charge in [-0.1, -0.05) is 32.4 Å². The van der Waals surface area contributed by atoms with Crippen LogP contribution in [0.25, 0.3) is 0 Å². The average molecular weight is 272 g/mol. The molecule has 0 saturated carbocycles. The maximum Gasteiger partial charge on any atom is 0.0406 e. The first kappa shape index (κ1) is 14.9. The van der Waals surface area contributed by atoms with Gasteiger partial charge in [-0.25, -0.2) is 0 Å². The summed E-state index contributed by atoms with van der Waals surface area (Å²) in [6, 6.07) is 8.00. The van der Waals surface area contributed by atoms with E-state index in [1.807, 2.05) is 23.9 Å². The lowest BCUT2D eigenvalue weighted by Crippen LogP contribution is -2.25. The van der Waals surface area contributed by atoms with Crippen LogP contribution in [0.5, 0.6) is 0 Å². The van der Waals surface area contributed by atoms with Crippen molar-refractivity contribution in [3.8, 4) is 0 Å². The van der Waals surface area contributed by atoms with Gasteiger partial charge in [0.25, 0.3) is 0 Å². The highest BCUT2D eigenvalue weighted by atomic mass is 35.5. The second kappa shape index (κ2) is 7.30. The third kappa shape index (κ3) is 5.33. The number of rotatable bonds is 6. The number of hydrogen-bond acceptors (Lipinski definition) is 2. The standard InChI is InChI=1S/C14H22ClNS/c1-10(2)8-11(3)14(9-16)17-13-6-4-12(15)5-7-13/h4-7,10-11,14H,8-9,16H2,1-3H3. The predicted octanol–water partition coefficient (Wildman–Crippen LogP) is 4.44. The van der Waals surface area contributed by atoms with Crippen LogP contribution < -0.4 is 5.73 Å². The first-order valence-corrected chi connectivity index (χ1v) is 7.41. The molecule has 0 saturated heterocycles. The summed E-state index contributed by atoms with van der Waals surface area (Å²) in [6.45, 7) is 7.54. The summed E-state index contributed by atoms with van der Waals surface area (Å²) in [7, 11) is 0. The largest absolute Gasteiger partial charge is 0.329 e. The summed E-state index contributed by atoms with van der Waals surface area (Å²) in [5.41, 5.74) is 5.88. The van der Waals surface area contributed by atoms with Crippen LogP contribution in [-0.2, 0) is 0 Å². The lowest BCUT2D eigenvalue weighted by molar-refractivity contribution is 0.428. The van der Waals surface area contributed by atoms with E-state index in [9.17, 15) is 0 Å². The zero-order valence-electron chi connectivity index (χ0n) is 10.8. The van der Waals surface area contributed by atoms with Crippen molar-refractivity contribution in [1.82, 2.24) is 0 Å². The van der Waals surface area contributed by atoms with Gasteiger partial charge in [0.2, 0.25) is 0 Å². The van der Waals surface area contributed by atoms with Crippen LogP contribution in [-0.4, -0.2) is 11.8 Å². The third-order valence-electron chi connectivity index (χ3n) is 2.81. The highest BCUT2D eigenvalue weighted by Gasteiger charge is 2.18. The Hall–Kier alpha value is -0.180. The molecule has 0 aliphatic carbocycles. The molecule has 1 nitrogen and oxygen atoms in total. The van der Waals surface area contributed by atoms with Crippen molar-refractivity contribution in [1.29, 1.82) is 0 Å². The highest BCUT2D eigenvalue weighted by molar-refractivity contribution is 8.00. The molecule has 17 heavy (non-hydrogen) atoms. The highest BCUT2D eigenvalue weighted by Crippen LogP contribution is 2.31. The summed E-state index contributed by atoms with van der Waals surface area (Å²) in [4.78, 5) is 1.25. The summed E-state index contributed by atoms with van der Waals surface area (Å²) < 4.78 is 0. The molecule has 0 bridgehead atoms. The second-order valence-electron chi connectivity index (χ2n) is 4.95. The summed E-state index contributed by atoms with van der Waals surface area (Å²) in [5, 5.41) is 1.27. The quantitative estimate of drug-likeness (QED) is 0.774. The van der Waals surface area contributed by atoms with Gasteiger partial charge >= 0.3 is 0 Å². The van der Waals surface area contributed by atoms with Gasteiger partial charge in [0.05, 0.1) is 0 Å². The van der Waals surface area contributed by atoms with Crippen LogP contribution in [0.1, 0.15) is 27.2 Å². The number of thioether (sulfide) groups is 1. The fourth-order valence-corrected chi connectivity index (χ4v) is 3.19. The second-order valence-corrected chi connectivity index (χ2v) is 6.70. The normalized spacial score (nSPS) is 14.9. The van der Waals surface area contributed by atoms with E-state index in [1.54, 1.807) is 0 Å². The minimum atomic E-state index is 0.485. The Balaban J connectivity index is 2.59. The average Bonchev–Trinajstić information content (AvgIpc) is 2.27. The molecule has 1 aromatic carbocycles. The molecule has 0 spiro atoms. The van der Waals surface area contributed by atoms with Gasteiger partial charge in [-0.15, -0.1) is 11.8 Å². The molecule has 96 valence electrons. The maximum atomic E-state index is 5.88. The minimum absolute atomic E-state index is 0.485. The molecule has 1 rings (SSSR count). The summed E-state index contributed by atoms with van der Waals surface area (Å²) in [5.74, 6) is 1.37. The van der Waals surface area contributed by atoms with Gasteiger partial charge in [-0.3, -0.25) is 0 Å². The maximum absolute atomic E-state index is 5.88. The molecule has 0 heterocycles. The van der Waals surface area contributed by atoms with Crippen molar-refractivity contribution in [2.24, 2.45) is 17.6 Å². The number of hydrogen-bond donors (Lipinski definition) is 1. The van der Waals surface area contributed by atoms with E-state index >= 15 is 0 Å². The Morgan fingerprint density at radius 2 is 1.76 bits per heavy atom. The predicted molar refractivity (Wildman–Crippen MR) is 78.8 cm³/mol. The number of halogens is 1. The van der Waals surface area contributed by atoms with Crippen molar-refractivity contribution < 1.29 is 0 Å². The lowest BCUT2D eigenvalue weighted by Gasteiger charge is -2.23.